The Labute approximate surface area is 178 Å². The van der Waals surface area contributed by atoms with Gasteiger partial charge in [0, 0.05) is 38.1 Å². The monoisotopic (exact) mass is 417 g/mol. The van der Waals surface area contributed by atoms with E-state index in [0.29, 0.717) is 24.6 Å². The molecule has 156 valence electrons. The van der Waals surface area contributed by atoms with Crippen LogP contribution in [0.25, 0.3) is 17.0 Å². The van der Waals surface area contributed by atoms with Gasteiger partial charge in [0.05, 0.1) is 12.5 Å². The van der Waals surface area contributed by atoms with Crippen LogP contribution >= 0.6 is 0 Å². The Balaban J connectivity index is 1.27. The summed E-state index contributed by atoms with van der Waals surface area (Å²) in [4.78, 5) is 20.6. The van der Waals surface area contributed by atoms with E-state index in [9.17, 15) is 9.18 Å². The summed E-state index contributed by atoms with van der Waals surface area (Å²) in [6, 6.07) is 13.7. The predicted octanol–water partition coefficient (Wildman–Crippen LogP) is 2.22. The summed E-state index contributed by atoms with van der Waals surface area (Å²) in [6.07, 6.45) is 3.69. The van der Waals surface area contributed by atoms with Crippen LogP contribution in [0.1, 0.15) is 5.56 Å². The molecule has 5 rings (SSSR count). The van der Waals surface area contributed by atoms with Crippen LogP contribution < -0.4 is 4.90 Å². The normalized spacial score (nSPS) is 13.9. The Kier molecular flexibility index (Phi) is 4.78. The van der Waals surface area contributed by atoms with Gasteiger partial charge in [-0.15, -0.1) is 15.3 Å². The second kappa shape index (κ2) is 7.75. The van der Waals surface area contributed by atoms with E-state index in [4.69, 9.17) is 5.10 Å². The van der Waals surface area contributed by atoms with Gasteiger partial charge < -0.3 is 9.80 Å². The van der Waals surface area contributed by atoms with Gasteiger partial charge in [-0.1, -0.05) is 12.1 Å². The SMILES string of the molecule is CN(C(=O)Cc1ccc(F)cc1)C1CN(c2ccc3nnc(-c4cccnc4)n3n2)C1. The highest BCUT2D eigenvalue weighted by Crippen LogP contribution is 2.24. The molecule has 0 radical (unpaired) electrons. The molecule has 8 nitrogen and oxygen atoms in total. The molecule has 1 aliphatic rings. The molecule has 1 amide bonds. The van der Waals surface area contributed by atoms with E-state index >= 15 is 0 Å². The molecular weight excluding hydrogens is 397 g/mol. The summed E-state index contributed by atoms with van der Waals surface area (Å²) in [5.74, 6) is 1.14. The van der Waals surface area contributed by atoms with Crippen molar-refractivity contribution in [3.8, 4) is 11.4 Å². The number of benzene rings is 1. The van der Waals surface area contributed by atoms with E-state index in [1.165, 1.54) is 12.1 Å². The van der Waals surface area contributed by atoms with Crippen molar-refractivity contribution in [1.82, 2.24) is 29.7 Å². The highest BCUT2D eigenvalue weighted by atomic mass is 19.1. The van der Waals surface area contributed by atoms with Gasteiger partial charge in [0.15, 0.2) is 11.5 Å². The molecule has 9 heteroatoms. The molecule has 0 N–H and O–H groups in total. The molecule has 0 aliphatic carbocycles. The highest BCUT2D eigenvalue weighted by Gasteiger charge is 2.33. The maximum Gasteiger partial charge on any atom is 0.227 e. The number of carbonyl (C=O) groups is 1. The summed E-state index contributed by atoms with van der Waals surface area (Å²) >= 11 is 0. The summed E-state index contributed by atoms with van der Waals surface area (Å²) in [5.41, 5.74) is 2.30. The van der Waals surface area contributed by atoms with Crippen LogP contribution in [-0.4, -0.2) is 61.8 Å². The Morgan fingerprint density at radius 2 is 1.94 bits per heavy atom. The molecule has 4 heterocycles. The number of likely N-dealkylation sites (N-methyl/N-ethyl adjacent to an activating group) is 1. The first-order chi connectivity index (χ1) is 15.1. The smallest absolute Gasteiger partial charge is 0.227 e. The first kappa shape index (κ1) is 19.1. The molecule has 4 aromatic rings. The van der Waals surface area contributed by atoms with E-state index in [1.807, 2.05) is 31.3 Å². The predicted molar refractivity (Wildman–Crippen MR) is 113 cm³/mol. The number of pyridine rings is 1. The van der Waals surface area contributed by atoms with E-state index in [1.54, 1.807) is 33.9 Å². The molecule has 0 unspecified atom stereocenters. The summed E-state index contributed by atoms with van der Waals surface area (Å²) < 4.78 is 14.8. The Hall–Kier alpha value is -3.88. The largest absolute Gasteiger partial charge is 0.351 e. The molecule has 31 heavy (non-hydrogen) atoms. The summed E-state index contributed by atoms with van der Waals surface area (Å²) in [6.45, 7) is 1.38. The fourth-order valence-electron chi connectivity index (χ4n) is 3.62. The zero-order chi connectivity index (χ0) is 21.4. The zero-order valence-corrected chi connectivity index (χ0v) is 16.9. The zero-order valence-electron chi connectivity index (χ0n) is 16.9. The van der Waals surface area contributed by atoms with Crippen LogP contribution in [0.5, 0.6) is 0 Å². The minimum atomic E-state index is -0.302. The van der Waals surface area contributed by atoms with Crippen LogP contribution in [0.2, 0.25) is 0 Å². The van der Waals surface area contributed by atoms with Gasteiger partial charge in [-0.2, -0.15) is 4.52 Å². The topological polar surface area (TPSA) is 79.5 Å². The minimum Gasteiger partial charge on any atom is -0.351 e. The average molecular weight is 417 g/mol. The Morgan fingerprint density at radius 3 is 2.68 bits per heavy atom. The molecule has 0 saturated carbocycles. The third-order valence-corrected chi connectivity index (χ3v) is 5.56. The lowest BCUT2D eigenvalue weighted by molar-refractivity contribution is -0.131. The molecule has 0 spiro atoms. The number of carbonyl (C=O) groups excluding carboxylic acids is 1. The molecule has 1 aromatic carbocycles. The van der Waals surface area contributed by atoms with Crippen LogP contribution in [0.15, 0.2) is 60.9 Å². The Bertz CT molecular complexity index is 1220. The molecular formula is C22H20FN7O. The highest BCUT2D eigenvalue weighted by molar-refractivity contribution is 5.79. The number of anilines is 1. The fourth-order valence-corrected chi connectivity index (χ4v) is 3.62. The third-order valence-electron chi connectivity index (χ3n) is 5.56. The summed E-state index contributed by atoms with van der Waals surface area (Å²) in [7, 11) is 1.81. The molecule has 0 bridgehead atoms. The first-order valence-corrected chi connectivity index (χ1v) is 9.96. The van der Waals surface area contributed by atoms with E-state index in [-0.39, 0.29) is 24.2 Å². The fraction of sp³-hybridized carbons (Fsp3) is 0.227. The molecule has 3 aromatic heterocycles. The van der Waals surface area contributed by atoms with Crippen molar-refractivity contribution < 1.29 is 9.18 Å². The number of aromatic nitrogens is 5. The molecule has 1 saturated heterocycles. The van der Waals surface area contributed by atoms with E-state index < -0.39 is 0 Å². The van der Waals surface area contributed by atoms with E-state index in [2.05, 4.69) is 20.1 Å². The van der Waals surface area contributed by atoms with Gasteiger partial charge in [0.25, 0.3) is 0 Å². The molecule has 1 aliphatic heterocycles. The van der Waals surface area contributed by atoms with Gasteiger partial charge in [-0.05, 0) is 42.0 Å². The van der Waals surface area contributed by atoms with Crippen molar-refractivity contribution >= 4 is 17.4 Å². The third kappa shape index (κ3) is 3.70. The van der Waals surface area contributed by atoms with Crippen molar-refractivity contribution in [2.75, 3.05) is 25.0 Å². The Morgan fingerprint density at radius 1 is 1.13 bits per heavy atom. The van der Waals surface area contributed by atoms with Crippen molar-refractivity contribution in [2.24, 2.45) is 0 Å². The van der Waals surface area contributed by atoms with Crippen LogP contribution in [0, 0.1) is 5.82 Å². The second-order valence-electron chi connectivity index (χ2n) is 7.59. The first-order valence-electron chi connectivity index (χ1n) is 9.96. The van der Waals surface area contributed by atoms with Gasteiger partial charge in [0.1, 0.15) is 11.6 Å². The number of hydrogen-bond donors (Lipinski definition) is 0. The number of hydrogen-bond acceptors (Lipinski definition) is 6. The maximum atomic E-state index is 13.1. The average Bonchev–Trinajstić information content (AvgIpc) is 3.18. The lowest BCUT2D eigenvalue weighted by Gasteiger charge is -2.44. The standard InChI is InChI=1S/C22H20FN7O/c1-28(21(31)11-15-4-6-17(23)7-5-15)18-13-29(14-18)20-9-8-19-25-26-22(30(19)27-20)16-3-2-10-24-12-16/h2-10,12,18H,11,13-14H2,1H3. The van der Waals surface area contributed by atoms with Gasteiger partial charge in [-0.25, -0.2) is 4.39 Å². The molecule has 1 fully saturated rings. The van der Waals surface area contributed by atoms with Crippen LogP contribution in [-0.2, 0) is 11.2 Å². The quantitative estimate of drug-likeness (QED) is 0.495. The number of amides is 1. The number of nitrogens with zero attached hydrogens (tertiary/aromatic N) is 7. The maximum absolute atomic E-state index is 13.1. The van der Waals surface area contributed by atoms with Crippen molar-refractivity contribution in [3.05, 3.63) is 72.3 Å². The lowest BCUT2D eigenvalue weighted by Crippen LogP contribution is -2.60. The van der Waals surface area contributed by atoms with Crippen molar-refractivity contribution in [3.63, 3.8) is 0 Å². The molecule has 0 atom stereocenters. The minimum absolute atomic E-state index is 0.0114. The van der Waals surface area contributed by atoms with E-state index in [0.717, 1.165) is 16.9 Å². The van der Waals surface area contributed by atoms with Crippen molar-refractivity contribution in [1.29, 1.82) is 0 Å². The number of rotatable bonds is 5. The van der Waals surface area contributed by atoms with Crippen LogP contribution in [0.4, 0.5) is 10.2 Å². The second-order valence-corrected chi connectivity index (χ2v) is 7.59. The van der Waals surface area contributed by atoms with Gasteiger partial charge >= 0.3 is 0 Å². The van der Waals surface area contributed by atoms with Crippen molar-refractivity contribution in [2.45, 2.75) is 12.5 Å². The van der Waals surface area contributed by atoms with Gasteiger partial charge in [-0.3, -0.25) is 9.78 Å². The van der Waals surface area contributed by atoms with Crippen LogP contribution in [0.3, 0.4) is 0 Å². The van der Waals surface area contributed by atoms with Gasteiger partial charge in [0.2, 0.25) is 5.91 Å². The number of halogens is 1. The number of fused-ring (bicyclic) bond motifs is 1. The summed E-state index contributed by atoms with van der Waals surface area (Å²) in [5, 5.41) is 13.1. The lowest BCUT2D eigenvalue weighted by atomic mass is 10.1.